The lowest BCUT2D eigenvalue weighted by Gasteiger charge is -2.32. The summed E-state index contributed by atoms with van der Waals surface area (Å²) in [6.45, 7) is 12.5. The van der Waals surface area contributed by atoms with Gasteiger partial charge in [0.05, 0.1) is 0 Å². The van der Waals surface area contributed by atoms with E-state index >= 15 is 0 Å². The van der Waals surface area contributed by atoms with Crippen molar-refractivity contribution in [2.75, 3.05) is 38.0 Å². The van der Waals surface area contributed by atoms with E-state index in [0.29, 0.717) is 18.3 Å². The van der Waals surface area contributed by atoms with Gasteiger partial charge in [0.25, 0.3) is 0 Å². The van der Waals surface area contributed by atoms with Crippen LogP contribution in [-0.4, -0.2) is 54.8 Å². The van der Waals surface area contributed by atoms with Crippen LogP contribution in [0.2, 0.25) is 0 Å². The minimum atomic E-state index is 0.0628. The number of benzene rings is 1. The van der Waals surface area contributed by atoms with E-state index in [1.165, 1.54) is 11.1 Å². The van der Waals surface area contributed by atoms with Crippen molar-refractivity contribution in [2.24, 2.45) is 0 Å². The van der Waals surface area contributed by atoms with Crippen molar-refractivity contribution in [1.29, 1.82) is 0 Å². The summed E-state index contributed by atoms with van der Waals surface area (Å²) in [5, 5.41) is 3.17. The molecule has 1 aliphatic heterocycles. The summed E-state index contributed by atoms with van der Waals surface area (Å²) >= 11 is 0. The molecule has 25 heavy (non-hydrogen) atoms. The maximum atomic E-state index is 12.5. The summed E-state index contributed by atoms with van der Waals surface area (Å²) in [5.74, 6) is 0.795. The number of para-hydroxylation sites is 1. The van der Waals surface area contributed by atoms with Crippen LogP contribution in [-0.2, 0) is 9.59 Å². The third kappa shape index (κ3) is 5.30. The van der Waals surface area contributed by atoms with Gasteiger partial charge in [0, 0.05) is 44.8 Å². The highest BCUT2D eigenvalue weighted by Crippen LogP contribution is 2.32. The number of carbonyl (C=O) groups excluding carboxylic acids is 2. The van der Waals surface area contributed by atoms with Crippen LogP contribution < -0.4 is 5.32 Å². The predicted octanol–water partition coefficient (Wildman–Crippen LogP) is 3.04. The smallest absolute Gasteiger partial charge is 0.225 e. The molecule has 0 aromatic heterocycles. The topological polar surface area (TPSA) is 52.7 Å². The molecule has 138 valence electrons. The number of anilines is 1. The average Bonchev–Trinajstić information content (AvgIpc) is 2.60. The fourth-order valence-electron chi connectivity index (χ4n) is 3.25. The highest BCUT2D eigenvalue weighted by atomic mass is 16.1. The molecule has 0 unspecified atom stereocenters. The molecular formula is C20H31N3O2. The Morgan fingerprint density at radius 2 is 1.64 bits per heavy atom. The molecule has 1 saturated heterocycles. The maximum absolute atomic E-state index is 12.5. The first kappa shape index (κ1) is 19.4. The second-order valence-corrected chi connectivity index (χ2v) is 7.40. The molecule has 1 fully saturated rings. The van der Waals surface area contributed by atoms with Gasteiger partial charge in [0.2, 0.25) is 12.3 Å². The Hall–Kier alpha value is -1.88. The predicted molar refractivity (Wildman–Crippen MR) is 102 cm³/mol. The molecule has 5 heteroatoms. The van der Waals surface area contributed by atoms with E-state index in [-0.39, 0.29) is 5.91 Å². The third-order valence-electron chi connectivity index (χ3n) is 4.85. The van der Waals surface area contributed by atoms with Gasteiger partial charge >= 0.3 is 0 Å². The molecule has 0 aliphatic carbocycles. The lowest BCUT2D eigenvalue weighted by Crippen LogP contribution is -2.46. The van der Waals surface area contributed by atoms with Gasteiger partial charge in [-0.05, 0) is 23.0 Å². The molecule has 0 atom stereocenters. The number of piperazine rings is 1. The van der Waals surface area contributed by atoms with Gasteiger partial charge in [-0.1, -0.05) is 45.9 Å². The molecule has 2 rings (SSSR count). The normalized spacial score (nSPS) is 15.7. The molecule has 5 nitrogen and oxygen atoms in total. The van der Waals surface area contributed by atoms with Crippen molar-refractivity contribution in [1.82, 2.24) is 9.80 Å². The van der Waals surface area contributed by atoms with Crippen LogP contribution in [0.15, 0.2) is 18.2 Å². The number of hydrogen-bond donors (Lipinski definition) is 1. The van der Waals surface area contributed by atoms with E-state index in [0.717, 1.165) is 44.8 Å². The highest BCUT2D eigenvalue weighted by molar-refractivity contribution is 5.92. The summed E-state index contributed by atoms with van der Waals surface area (Å²) in [5.41, 5.74) is 3.38. The zero-order chi connectivity index (χ0) is 18.4. The SMILES string of the molecule is CC(C)c1cccc(C(C)C)c1NC(=O)CCN1CCN(C=O)CC1. The molecule has 0 bridgehead atoms. The van der Waals surface area contributed by atoms with Crippen molar-refractivity contribution in [3.63, 3.8) is 0 Å². The van der Waals surface area contributed by atoms with Gasteiger partial charge in [-0.15, -0.1) is 0 Å². The minimum Gasteiger partial charge on any atom is -0.343 e. The summed E-state index contributed by atoms with van der Waals surface area (Å²) < 4.78 is 0. The van der Waals surface area contributed by atoms with Gasteiger partial charge in [-0.2, -0.15) is 0 Å². The largest absolute Gasteiger partial charge is 0.343 e. The van der Waals surface area contributed by atoms with Crippen molar-refractivity contribution >= 4 is 18.0 Å². The van der Waals surface area contributed by atoms with Crippen LogP contribution >= 0.6 is 0 Å². The average molecular weight is 345 g/mol. The second-order valence-electron chi connectivity index (χ2n) is 7.40. The third-order valence-corrected chi connectivity index (χ3v) is 4.85. The summed E-state index contributed by atoms with van der Waals surface area (Å²) in [6.07, 6.45) is 1.38. The molecule has 1 aromatic rings. The highest BCUT2D eigenvalue weighted by Gasteiger charge is 2.18. The van der Waals surface area contributed by atoms with E-state index < -0.39 is 0 Å². The summed E-state index contributed by atoms with van der Waals surface area (Å²) in [4.78, 5) is 27.3. The molecular weight excluding hydrogens is 314 g/mol. The van der Waals surface area contributed by atoms with Crippen LogP contribution in [0.25, 0.3) is 0 Å². The van der Waals surface area contributed by atoms with Gasteiger partial charge in [0.15, 0.2) is 0 Å². The van der Waals surface area contributed by atoms with Crippen molar-refractivity contribution < 1.29 is 9.59 Å². The van der Waals surface area contributed by atoms with Crippen LogP contribution in [0.3, 0.4) is 0 Å². The Morgan fingerprint density at radius 1 is 1.08 bits per heavy atom. The molecule has 1 N–H and O–H groups in total. The van der Waals surface area contributed by atoms with Crippen LogP contribution in [0.4, 0.5) is 5.69 Å². The molecule has 0 saturated carbocycles. The van der Waals surface area contributed by atoms with Crippen molar-refractivity contribution in [3.05, 3.63) is 29.3 Å². The van der Waals surface area contributed by atoms with Crippen LogP contribution in [0, 0.1) is 0 Å². The van der Waals surface area contributed by atoms with E-state index in [4.69, 9.17) is 0 Å². The molecule has 2 amide bonds. The minimum absolute atomic E-state index is 0.0628. The van der Waals surface area contributed by atoms with Gasteiger partial charge < -0.3 is 10.2 Å². The maximum Gasteiger partial charge on any atom is 0.225 e. The van der Waals surface area contributed by atoms with Gasteiger partial charge in [-0.3, -0.25) is 14.5 Å². The van der Waals surface area contributed by atoms with Gasteiger partial charge in [0.1, 0.15) is 0 Å². The molecule has 0 radical (unpaired) electrons. The number of amides is 2. The number of nitrogens with one attached hydrogen (secondary N) is 1. The fraction of sp³-hybridized carbons (Fsp3) is 0.600. The Balaban J connectivity index is 1.97. The summed E-state index contributed by atoms with van der Waals surface area (Å²) in [7, 11) is 0. The monoisotopic (exact) mass is 345 g/mol. The van der Waals surface area contributed by atoms with Gasteiger partial charge in [-0.25, -0.2) is 0 Å². The first-order valence-electron chi connectivity index (χ1n) is 9.26. The Morgan fingerprint density at radius 3 is 2.12 bits per heavy atom. The number of rotatable bonds is 7. The first-order valence-corrected chi connectivity index (χ1v) is 9.26. The first-order chi connectivity index (χ1) is 11.9. The lowest BCUT2D eigenvalue weighted by molar-refractivity contribution is -0.120. The Labute approximate surface area is 151 Å². The van der Waals surface area contributed by atoms with E-state index in [1.807, 2.05) is 0 Å². The van der Waals surface area contributed by atoms with E-state index in [9.17, 15) is 9.59 Å². The fourth-order valence-corrected chi connectivity index (χ4v) is 3.25. The standard InChI is InChI=1S/C20H31N3O2/c1-15(2)17-6-5-7-18(16(3)4)20(17)21-19(25)8-9-22-10-12-23(14-24)13-11-22/h5-7,14-16H,8-13H2,1-4H3,(H,21,25). The Kier molecular flexibility index (Phi) is 7.00. The molecule has 1 aromatic carbocycles. The summed E-state index contributed by atoms with van der Waals surface area (Å²) in [6, 6.07) is 6.28. The van der Waals surface area contributed by atoms with Crippen molar-refractivity contribution in [2.45, 2.75) is 46.0 Å². The number of hydrogen-bond acceptors (Lipinski definition) is 3. The van der Waals surface area contributed by atoms with Crippen molar-refractivity contribution in [3.8, 4) is 0 Å². The molecule has 0 spiro atoms. The number of nitrogens with zero attached hydrogens (tertiary/aromatic N) is 2. The zero-order valence-corrected chi connectivity index (χ0v) is 15.9. The molecule has 1 heterocycles. The van der Waals surface area contributed by atoms with Crippen LogP contribution in [0.1, 0.15) is 57.1 Å². The quantitative estimate of drug-likeness (QED) is 0.773. The number of carbonyl (C=O) groups is 2. The second kappa shape index (κ2) is 8.99. The van der Waals surface area contributed by atoms with E-state index in [2.05, 4.69) is 56.1 Å². The molecule has 1 aliphatic rings. The van der Waals surface area contributed by atoms with Crippen LogP contribution in [0.5, 0.6) is 0 Å². The lowest BCUT2D eigenvalue weighted by atomic mass is 9.92. The zero-order valence-electron chi connectivity index (χ0n) is 15.9. The Bertz CT molecular complexity index is 564. The van der Waals surface area contributed by atoms with E-state index in [1.54, 1.807) is 4.90 Å².